The van der Waals surface area contributed by atoms with Gasteiger partial charge in [-0.1, -0.05) is 13.8 Å². The molecule has 0 aliphatic carbocycles. The summed E-state index contributed by atoms with van der Waals surface area (Å²) >= 11 is 0. The normalized spacial score (nSPS) is 26.1. The molecule has 0 radical (unpaired) electrons. The van der Waals surface area contributed by atoms with Crippen LogP contribution >= 0.6 is 0 Å². The molecule has 0 aromatic heterocycles. The Morgan fingerprint density at radius 1 is 1.55 bits per heavy atom. The number of carbonyl (C=O) groups is 1. The summed E-state index contributed by atoms with van der Waals surface area (Å²) in [5.74, 6) is 0.866. The molecule has 1 heterocycles. The van der Waals surface area contributed by atoms with E-state index in [0.717, 1.165) is 6.42 Å². The van der Waals surface area contributed by atoms with Crippen LogP contribution in [0.1, 0.15) is 33.6 Å². The van der Waals surface area contributed by atoms with E-state index >= 15 is 0 Å². The molecule has 1 aliphatic heterocycles. The minimum atomic E-state index is -0.420. The van der Waals surface area contributed by atoms with Gasteiger partial charge in [0.2, 0.25) is 6.29 Å². The number of amides is 1. The van der Waals surface area contributed by atoms with E-state index in [9.17, 15) is 4.79 Å². The third kappa shape index (κ3) is 4.21. The van der Waals surface area contributed by atoms with E-state index < -0.39 is 6.29 Å². The van der Waals surface area contributed by atoms with E-state index in [0.29, 0.717) is 24.7 Å². The number of rotatable bonds is 7. The SMILES string of the molecule is CCO[C@H]1OC(C(=O)NC)=C[C@@H](C(C)C)[C@H]1CCCO. The van der Waals surface area contributed by atoms with Crippen LogP contribution in [0.4, 0.5) is 0 Å². The van der Waals surface area contributed by atoms with Gasteiger partial charge in [0.25, 0.3) is 5.91 Å². The lowest BCUT2D eigenvalue weighted by molar-refractivity contribution is -0.175. The van der Waals surface area contributed by atoms with Crippen LogP contribution in [0.3, 0.4) is 0 Å². The standard InChI is InChI=1S/C15H27NO4/c1-5-19-15-11(7-6-8-17)12(10(2)3)9-13(20-15)14(18)16-4/h9-12,15,17H,5-8H2,1-4H3,(H,16,18)/t11-,12+,15+/m1/s1. The lowest BCUT2D eigenvalue weighted by Crippen LogP contribution is -2.40. The summed E-state index contributed by atoms with van der Waals surface area (Å²) in [6, 6.07) is 0. The highest BCUT2D eigenvalue weighted by Crippen LogP contribution is 2.36. The topological polar surface area (TPSA) is 67.8 Å². The Balaban J connectivity index is 2.98. The van der Waals surface area contributed by atoms with Crippen molar-refractivity contribution in [2.75, 3.05) is 20.3 Å². The predicted molar refractivity (Wildman–Crippen MR) is 76.8 cm³/mol. The summed E-state index contributed by atoms with van der Waals surface area (Å²) in [7, 11) is 1.59. The first kappa shape index (κ1) is 17.0. The van der Waals surface area contributed by atoms with E-state index in [1.807, 2.05) is 13.0 Å². The largest absolute Gasteiger partial charge is 0.459 e. The Kier molecular flexibility index (Phi) is 7.02. The van der Waals surface area contributed by atoms with Gasteiger partial charge in [-0.15, -0.1) is 0 Å². The van der Waals surface area contributed by atoms with Gasteiger partial charge < -0.3 is 19.9 Å². The van der Waals surface area contributed by atoms with Crippen LogP contribution < -0.4 is 5.32 Å². The predicted octanol–water partition coefficient (Wildman–Crippen LogP) is 1.67. The van der Waals surface area contributed by atoms with E-state index in [1.54, 1.807) is 7.05 Å². The quantitative estimate of drug-likeness (QED) is 0.746. The molecule has 0 saturated carbocycles. The minimum Gasteiger partial charge on any atom is -0.459 e. The van der Waals surface area contributed by atoms with Crippen molar-refractivity contribution in [3.8, 4) is 0 Å². The van der Waals surface area contributed by atoms with Gasteiger partial charge in [0, 0.05) is 26.2 Å². The molecule has 0 bridgehead atoms. The lowest BCUT2D eigenvalue weighted by Gasteiger charge is -2.38. The number of likely N-dealkylation sites (N-methyl/N-ethyl adjacent to an activating group) is 1. The van der Waals surface area contributed by atoms with Gasteiger partial charge >= 0.3 is 0 Å². The monoisotopic (exact) mass is 285 g/mol. The fourth-order valence-electron chi connectivity index (χ4n) is 2.65. The summed E-state index contributed by atoms with van der Waals surface area (Å²) in [5, 5.41) is 11.6. The molecular formula is C15H27NO4. The van der Waals surface area contributed by atoms with Crippen molar-refractivity contribution in [2.45, 2.75) is 39.9 Å². The first-order valence-corrected chi connectivity index (χ1v) is 7.38. The van der Waals surface area contributed by atoms with Gasteiger partial charge in [-0.25, -0.2) is 0 Å². The fraction of sp³-hybridized carbons (Fsp3) is 0.800. The van der Waals surface area contributed by atoms with Crippen molar-refractivity contribution in [3.05, 3.63) is 11.8 Å². The van der Waals surface area contributed by atoms with Gasteiger partial charge in [-0.3, -0.25) is 4.79 Å². The third-order valence-corrected chi connectivity index (χ3v) is 3.68. The first-order chi connectivity index (χ1) is 9.54. The van der Waals surface area contributed by atoms with Crippen LogP contribution in [-0.2, 0) is 14.3 Å². The van der Waals surface area contributed by atoms with Gasteiger partial charge in [0.1, 0.15) is 0 Å². The summed E-state index contributed by atoms with van der Waals surface area (Å²) < 4.78 is 11.4. The Hall–Kier alpha value is -1.07. The molecule has 0 fully saturated rings. The number of allylic oxidation sites excluding steroid dienone is 1. The van der Waals surface area contributed by atoms with E-state index in [4.69, 9.17) is 14.6 Å². The highest BCUT2D eigenvalue weighted by atomic mass is 16.7. The molecule has 2 N–H and O–H groups in total. The van der Waals surface area contributed by atoms with Crippen molar-refractivity contribution in [1.29, 1.82) is 0 Å². The van der Waals surface area contributed by atoms with E-state index in [1.165, 1.54) is 0 Å². The van der Waals surface area contributed by atoms with Crippen LogP contribution in [-0.4, -0.2) is 37.6 Å². The van der Waals surface area contributed by atoms with Crippen LogP contribution in [0, 0.1) is 17.8 Å². The van der Waals surface area contributed by atoms with Crippen molar-refractivity contribution in [3.63, 3.8) is 0 Å². The maximum absolute atomic E-state index is 11.8. The second-order valence-corrected chi connectivity index (χ2v) is 5.40. The Morgan fingerprint density at radius 2 is 2.25 bits per heavy atom. The second kappa shape index (κ2) is 8.27. The van der Waals surface area contributed by atoms with Crippen LogP contribution in [0.25, 0.3) is 0 Å². The molecule has 1 aliphatic rings. The molecule has 3 atom stereocenters. The van der Waals surface area contributed by atoms with E-state index in [-0.39, 0.29) is 24.3 Å². The third-order valence-electron chi connectivity index (χ3n) is 3.68. The van der Waals surface area contributed by atoms with Gasteiger partial charge in [0.15, 0.2) is 5.76 Å². The molecule has 1 amide bonds. The molecule has 0 aromatic carbocycles. The maximum Gasteiger partial charge on any atom is 0.285 e. The molecule has 0 saturated heterocycles. The van der Waals surface area contributed by atoms with E-state index in [2.05, 4.69) is 19.2 Å². The number of ether oxygens (including phenoxy) is 2. The molecule has 0 spiro atoms. The smallest absolute Gasteiger partial charge is 0.285 e. The second-order valence-electron chi connectivity index (χ2n) is 5.40. The highest BCUT2D eigenvalue weighted by Gasteiger charge is 2.37. The average Bonchev–Trinajstić information content (AvgIpc) is 2.44. The first-order valence-electron chi connectivity index (χ1n) is 7.38. The van der Waals surface area contributed by atoms with Crippen molar-refractivity contribution >= 4 is 5.91 Å². The van der Waals surface area contributed by atoms with Crippen LogP contribution in [0.5, 0.6) is 0 Å². The average molecular weight is 285 g/mol. The maximum atomic E-state index is 11.8. The molecule has 0 aromatic rings. The summed E-state index contributed by atoms with van der Waals surface area (Å²) in [6.07, 6.45) is 3.02. The van der Waals surface area contributed by atoms with Crippen molar-refractivity contribution < 1.29 is 19.4 Å². The minimum absolute atomic E-state index is 0.159. The van der Waals surface area contributed by atoms with Gasteiger partial charge in [-0.2, -0.15) is 0 Å². The molecule has 5 heteroatoms. The zero-order chi connectivity index (χ0) is 15.1. The number of hydrogen-bond donors (Lipinski definition) is 2. The number of aliphatic hydroxyl groups excluding tert-OH is 1. The number of nitrogens with one attached hydrogen (secondary N) is 1. The fourth-order valence-corrected chi connectivity index (χ4v) is 2.65. The summed E-state index contributed by atoms with van der Waals surface area (Å²) in [4.78, 5) is 11.8. The van der Waals surface area contributed by atoms with Crippen molar-refractivity contribution in [2.24, 2.45) is 17.8 Å². The lowest BCUT2D eigenvalue weighted by atomic mass is 9.78. The van der Waals surface area contributed by atoms with Gasteiger partial charge in [0.05, 0.1) is 0 Å². The number of carbonyl (C=O) groups excluding carboxylic acids is 1. The molecule has 5 nitrogen and oxygen atoms in total. The number of aliphatic hydroxyl groups is 1. The Labute approximate surface area is 121 Å². The molecule has 0 unspecified atom stereocenters. The summed E-state index contributed by atoms with van der Waals surface area (Å²) in [6.45, 7) is 6.86. The van der Waals surface area contributed by atoms with Crippen molar-refractivity contribution in [1.82, 2.24) is 5.32 Å². The molecule has 1 rings (SSSR count). The van der Waals surface area contributed by atoms with Crippen LogP contribution in [0.15, 0.2) is 11.8 Å². The zero-order valence-electron chi connectivity index (χ0n) is 12.9. The Morgan fingerprint density at radius 3 is 2.75 bits per heavy atom. The zero-order valence-corrected chi connectivity index (χ0v) is 12.9. The van der Waals surface area contributed by atoms with Crippen LogP contribution in [0.2, 0.25) is 0 Å². The Bertz CT molecular complexity index is 341. The van der Waals surface area contributed by atoms with Gasteiger partial charge in [-0.05, 0) is 37.7 Å². The number of hydrogen-bond acceptors (Lipinski definition) is 4. The molecule has 116 valence electrons. The molecule has 20 heavy (non-hydrogen) atoms. The highest BCUT2D eigenvalue weighted by molar-refractivity contribution is 5.91. The summed E-state index contributed by atoms with van der Waals surface area (Å²) in [5.41, 5.74) is 0. The molecular weight excluding hydrogens is 258 g/mol.